The van der Waals surface area contributed by atoms with E-state index < -0.39 is 20.0 Å². The van der Waals surface area contributed by atoms with E-state index in [-0.39, 0.29) is 21.2 Å². The van der Waals surface area contributed by atoms with Crippen LogP contribution in [0.3, 0.4) is 0 Å². The van der Waals surface area contributed by atoms with Crippen molar-refractivity contribution in [3.63, 3.8) is 0 Å². The van der Waals surface area contributed by atoms with E-state index >= 15 is 0 Å². The van der Waals surface area contributed by atoms with Crippen LogP contribution < -0.4 is 18.9 Å². The molecule has 8 nitrogen and oxygen atoms in total. The molecule has 4 rings (SSSR count). The Hall–Kier alpha value is -3.76. The third-order valence-corrected chi connectivity index (χ3v) is 7.85. The third-order valence-electron chi connectivity index (χ3n) is 5.10. The van der Waals surface area contributed by atoms with Gasteiger partial charge in [0.15, 0.2) is 0 Å². The number of methoxy groups -OCH3 is 2. The van der Waals surface area contributed by atoms with E-state index in [9.17, 15) is 16.8 Å². The summed E-state index contributed by atoms with van der Waals surface area (Å²) < 4.78 is 68.8. The van der Waals surface area contributed by atoms with Crippen LogP contribution in [0, 0.1) is 0 Å². The molecule has 0 amide bonds. The van der Waals surface area contributed by atoms with E-state index in [0.717, 1.165) is 6.07 Å². The topological polar surface area (TPSA) is 111 Å². The summed E-state index contributed by atoms with van der Waals surface area (Å²) >= 11 is 0. The van der Waals surface area contributed by atoms with Crippen molar-refractivity contribution in [2.75, 3.05) is 23.7 Å². The lowest BCUT2D eigenvalue weighted by atomic mass is 10.1. The van der Waals surface area contributed by atoms with E-state index in [1.807, 2.05) is 0 Å². The molecule has 2 N–H and O–H groups in total. The Morgan fingerprint density at radius 2 is 1.12 bits per heavy atom. The normalized spacial score (nSPS) is 11.7. The van der Waals surface area contributed by atoms with Crippen LogP contribution in [0.4, 0.5) is 11.4 Å². The first-order chi connectivity index (χ1) is 16.2. The Bertz CT molecular complexity index is 1570. The fourth-order valence-electron chi connectivity index (χ4n) is 3.49. The molecule has 10 heteroatoms. The number of rotatable bonds is 8. The minimum Gasteiger partial charge on any atom is -0.495 e. The molecule has 0 unspecified atom stereocenters. The van der Waals surface area contributed by atoms with Crippen LogP contribution in [0.15, 0.2) is 94.7 Å². The van der Waals surface area contributed by atoms with Crippen molar-refractivity contribution in [2.24, 2.45) is 0 Å². The zero-order valence-electron chi connectivity index (χ0n) is 18.3. The maximum atomic E-state index is 13.4. The van der Waals surface area contributed by atoms with Crippen LogP contribution in [-0.2, 0) is 20.0 Å². The van der Waals surface area contributed by atoms with Crippen LogP contribution in [-0.4, -0.2) is 31.1 Å². The van der Waals surface area contributed by atoms with Crippen LogP contribution in [0.5, 0.6) is 11.5 Å². The molecule has 4 aromatic rings. The molecule has 0 saturated heterocycles. The molecule has 0 radical (unpaired) electrons. The maximum absolute atomic E-state index is 13.4. The molecule has 0 spiro atoms. The highest BCUT2D eigenvalue weighted by molar-refractivity contribution is 7.93. The smallest absolute Gasteiger partial charge is 0.262 e. The van der Waals surface area contributed by atoms with Crippen LogP contribution in [0.25, 0.3) is 10.8 Å². The van der Waals surface area contributed by atoms with E-state index in [4.69, 9.17) is 9.47 Å². The summed E-state index contributed by atoms with van der Waals surface area (Å²) in [5.41, 5.74) is 0.462. The summed E-state index contributed by atoms with van der Waals surface area (Å²) in [6.07, 6.45) is 0. The van der Waals surface area contributed by atoms with Gasteiger partial charge in [0.1, 0.15) is 11.5 Å². The standard InChI is InChI=1S/C24H22N2O6S2/c1-31-22-13-7-5-11-20(22)25-33(27,28)18-15-17-9-3-4-10-19(17)24(16-18)34(29,30)26-21-12-6-8-14-23(21)32-2/h3-16,25-26H,1-2H3. The van der Waals surface area contributed by atoms with Gasteiger partial charge in [-0.3, -0.25) is 9.44 Å². The summed E-state index contributed by atoms with van der Waals surface area (Å²) in [7, 11) is -5.48. The summed E-state index contributed by atoms with van der Waals surface area (Å²) in [5, 5.41) is 0.826. The van der Waals surface area contributed by atoms with Crippen molar-refractivity contribution in [1.29, 1.82) is 0 Å². The van der Waals surface area contributed by atoms with E-state index in [1.54, 1.807) is 72.8 Å². The highest BCUT2D eigenvalue weighted by Crippen LogP contribution is 2.33. The first-order valence-electron chi connectivity index (χ1n) is 10.1. The molecule has 34 heavy (non-hydrogen) atoms. The monoisotopic (exact) mass is 498 g/mol. The Kier molecular flexibility index (Phi) is 6.36. The van der Waals surface area contributed by atoms with Crippen LogP contribution >= 0.6 is 0 Å². The van der Waals surface area contributed by atoms with Crippen molar-refractivity contribution in [3.05, 3.63) is 84.9 Å². The summed E-state index contributed by atoms with van der Waals surface area (Å²) in [4.78, 5) is -0.394. The van der Waals surface area contributed by atoms with Crippen molar-refractivity contribution in [2.45, 2.75) is 9.79 Å². The van der Waals surface area contributed by atoms with Gasteiger partial charge in [0.05, 0.1) is 35.4 Å². The zero-order chi connectivity index (χ0) is 24.3. The number of benzene rings is 4. The first kappa shape index (κ1) is 23.4. The fraction of sp³-hybridized carbons (Fsp3) is 0.0833. The number of fused-ring (bicyclic) bond motifs is 1. The molecule has 0 aliphatic heterocycles. The number of anilines is 2. The van der Waals surface area contributed by atoms with Gasteiger partial charge in [0.25, 0.3) is 20.0 Å². The number of hydrogen-bond donors (Lipinski definition) is 2. The molecule has 176 valence electrons. The van der Waals surface area contributed by atoms with Crippen molar-refractivity contribution in [3.8, 4) is 11.5 Å². The summed E-state index contributed by atoms with van der Waals surface area (Å²) in [6, 6.07) is 22.3. The Morgan fingerprint density at radius 1 is 0.618 bits per heavy atom. The molecule has 0 fully saturated rings. The summed E-state index contributed by atoms with van der Waals surface area (Å²) in [6.45, 7) is 0. The minimum atomic E-state index is -4.19. The SMILES string of the molecule is COc1ccccc1NS(=O)(=O)c1cc(S(=O)(=O)Nc2ccccc2OC)c2ccccc2c1. The lowest BCUT2D eigenvalue weighted by Gasteiger charge is -2.16. The largest absolute Gasteiger partial charge is 0.495 e. The van der Waals surface area contributed by atoms with Gasteiger partial charge in [0, 0.05) is 5.39 Å². The number of sulfonamides is 2. The lowest BCUT2D eigenvalue weighted by Crippen LogP contribution is -2.17. The molecular formula is C24H22N2O6S2. The second-order valence-electron chi connectivity index (χ2n) is 7.25. The average Bonchev–Trinajstić information content (AvgIpc) is 2.83. The van der Waals surface area contributed by atoms with Crippen molar-refractivity contribution < 1.29 is 26.3 Å². The first-order valence-corrected chi connectivity index (χ1v) is 13.1. The van der Waals surface area contributed by atoms with Gasteiger partial charge in [-0.1, -0.05) is 48.5 Å². The maximum Gasteiger partial charge on any atom is 0.262 e. The average molecular weight is 499 g/mol. The van der Waals surface area contributed by atoms with E-state index in [0.29, 0.717) is 22.3 Å². The predicted molar refractivity (Wildman–Crippen MR) is 132 cm³/mol. The Labute approximate surface area is 198 Å². The number of nitrogens with one attached hydrogen (secondary N) is 2. The molecule has 0 aliphatic rings. The number of hydrogen-bond acceptors (Lipinski definition) is 6. The van der Waals surface area contributed by atoms with E-state index in [2.05, 4.69) is 9.44 Å². The Morgan fingerprint density at radius 3 is 1.71 bits per heavy atom. The minimum absolute atomic E-state index is 0.183. The summed E-state index contributed by atoms with van der Waals surface area (Å²) in [5.74, 6) is 0.662. The van der Waals surface area contributed by atoms with E-state index in [1.165, 1.54) is 20.3 Å². The second-order valence-corrected chi connectivity index (χ2v) is 10.6. The number of ether oxygens (including phenoxy) is 2. The lowest BCUT2D eigenvalue weighted by molar-refractivity contribution is 0.417. The molecular weight excluding hydrogens is 476 g/mol. The molecule has 0 atom stereocenters. The van der Waals surface area contributed by atoms with Crippen LogP contribution in [0.1, 0.15) is 0 Å². The highest BCUT2D eigenvalue weighted by atomic mass is 32.2. The highest BCUT2D eigenvalue weighted by Gasteiger charge is 2.25. The molecule has 0 heterocycles. The van der Waals surface area contributed by atoms with Crippen molar-refractivity contribution >= 4 is 42.2 Å². The van der Waals surface area contributed by atoms with Gasteiger partial charge >= 0.3 is 0 Å². The fourth-order valence-corrected chi connectivity index (χ4v) is 6.02. The third kappa shape index (κ3) is 4.63. The van der Waals surface area contributed by atoms with Gasteiger partial charge in [-0.05, 0) is 41.8 Å². The van der Waals surface area contributed by atoms with Crippen LogP contribution in [0.2, 0.25) is 0 Å². The van der Waals surface area contributed by atoms with Crippen molar-refractivity contribution in [1.82, 2.24) is 0 Å². The molecule has 0 aromatic heterocycles. The molecule has 0 saturated carbocycles. The van der Waals surface area contributed by atoms with Gasteiger partial charge in [-0.25, -0.2) is 16.8 Å². The van der Waals surface area contributed by atoms with Gasteiger partial charge in [-0.2, -0.15) is 0 Å². The second kappa shape index (κ2) is 9.24. The van der Waals surface area contributed by atoms with Gasteiger partial charge in [0.2, 0.25) is 0 Å². The van der Waals surface area contributed by atoms with Gasteiger partial charge < -0.3 is 9.47 Å². The molecule has 4 aromatic carbocycles. The predicted octanol–water partition coefficient (Wildman–Crippen LogP) is 4.46. The number of para-hydroxylation sites is 4. The Balaban J connectivity index is 1.84. The van der Waals surface area contributed by atoms with Gasteiger partial charge in [-0.15, -0.1) is 0 Å². The molecule has 0 bridgehead atoms. The zero-order valence-corrected chi connectivity index (χ0v) is 20.0. The quantitative estimate of drug-likeness (QED) is 0.371. The molecule has 0 aliphatic carbocycles.